The molecule has 0 amide bonds. The minimum Gasteiger partial charge on any atom is -0.381 e. The lowest BCUT2D eigenvalue weighted by Crippen LogP contribution is -2.02. The summed E-state index contributed by atoms with van der Waals surface area (Å²) >= 11 is 0. The topological polar surface area (TPSA) is 75.6 Å². The number of rotatable bonds is 1. The number of hydrogen-bond donors (Lipinski definition) is 1. The summed E-state index contributed by atoms with van der Waals surface area (Å²) in [5.41, 5.74) is 8.11. The van der Waals surface area contributed by atoms with E-state index in [2.05, 4.69) is 9.97 Å². The number of nitrogens with zero attached hydrogens (tertiary/aromatic N) is 3. The van der Waals surface area contributed by atoms with Crippen molar-refractivity contribution in [2.75, 3.05) is 5.73 Å². The molecule has 2 N–H and O–H groups in total. The molecule has 0 bridgehead atoms. The molecule has 0 spiro atoms. The van der Waals surface area contributed by atoms with E-state index in [1.54, 1.807) is 0 Å². The Hall–Kier alpha value is -2.41. The van der Waals surface area contributed by atoms with E-state index in [1.807, 2.05) is 43.3 Å². The van der Waals surface area contributed by atoms with Gasteiger partial charge in [-0.2, -0.15) is 5.26 Å². The summed E-state index contributed by atoms with van der Waals surface area (Å²) in [5, 5.41) is 8.85. The van der Waals surface area contributed by atoms with E-state index in [9.17, 15) is 0 Å². The van der Waals surface area contributed by atoms with Gasteiger partial charge in [0.05, 0.1) is 11.4 Å². The molecular formula is C12H10N4. The second kappa shape index (κ2) is 3.99. The second-order valence-electron chi connectivity index (χ2n) is 3.37. The van der Waals surface area contributed by atoms with Crippen LogP contribution < -0.4 is 5.73 Å². The first-order valence-electron chi connectivity index (χ1n) is 4.82. The second-order valence-corrected chi connectivity index (χ2v) is 3.37. The molecule has 16 heavy (non-hydrogen) atoms. The molecule has 0 atom stereocenters. The van der Waals surface area contributed by atoms with Gasteiger partial charge < -0.3 is 5.73 Å². The molecular weight excluding hydrogens is 200 g/mol. The van der Waals surface area contributed by atoms with Gasteiger partial charge in [-0.15, -0.1) is 0 Å². The van der Waals surface area contributed by atoms with Gasteiger partial charge in [0.1, 0.15) is 6.07 Å². The Bertz CT molecular complexity index is 555. The van der Waals surface area contributed by atoms with Crippen molar-refractivity contribution in [3.05, 3.63) is 41.7 Å². The Balaban J connectivity index is 2.63. The van der Waals surface area contributed by atoms with Crippen LogP contribution in [0.3, 0.4) is 0 Å². The summed E-state index contributed by atoms with van der Waals surface area (Å²) in [7, 11) is 0. The summed E-state index contributed by atoms with van der Waals surface area (Å²) in [5.74, 6) is 0.180. The molecule has 0 aliphatic heterocycles. The van der Waals surface area contributed by atoms with Crippen LogP contribution in [0.1, 0.15) is 11.4 Å². The molecule has 4 nitrogen and oxygen atoms in total. The SMILES string of the molecule is Cc1nc(N)c(C#N)nc1-c1ccccc1. The van der Waals surface area contributed by atoms with Gasteiger partial charge in [0.2, 0.25) is 0 Å². The van der Waals surface area contributed by atoms with Crippen molar-refractivity contribution in [3.8, 4) is 17.3 Å². The van der Waals surface area contributed by atoms with Gasteiger partial charge in [-0.05, 0) is 6.92 Å². The third-order valence-electron chi connectivity index (χ3n) is 2.25. The van der Waals surface area contributed by atoms with Crippen LogP contribution in [0.4, 0.5) is 5.82 Å². The lowest BCUT2D eigenvalue weighted by Gasteiger charge is -2.06. The smallest absolute Gasteiger partial charge is 0.183 e. The lowest BCUT2D eigenvalue weighted by molar-refractivity contribution is 1.11. The third kappa shape index (κ3) is 1.71. The first kappa shape index (κ1) is 10.1. The van der Waals surface area contributed by atoms with E-state index in [-0.39, 0.29) is 11.5 Å². The van der Waals surface area contributed by atoms with Gasteiger partial charge in [0, 0.05) is 5.56 Å². The van der Waals surface area contributed by atoms with Crippen LogP contribution in [0.5, 0.6) is 0 Å². The maximum absolute atomic E-state index is 8.85. The molecule has 0 aliphatic carbocycles. The van der Waals surface area contributed by atoms with Crippen LogP contribution in [0.15, 0.2) is 30.3 Å². The van der Waals surface area contributed by atoms with Crippen LogP contribution in [-0.4, -0.2) is 9.97 Å². The van der Waals surface area contributed by atoms with E-state index in [0.29, 0.717) is 5.69 Å². The molecule has 2 aromatic rings. The minimum absolute atomic E-state index is 0.171. The zero-order valence-electron chi connectivity index (χ0n) is 8.81. The highest BCUT2D eigenvalue weighted by molar-refractivity contribution is 5.63. The predicted molar refractivity (Wildman–Crippen MR) is 61.3 cm³/mol. The van der Waals surface area contributed by atoms with Gasteiger partial charge in [-0.3, -0.25) is 0 Å². The monoisotopic (exact) mass is 210 g/mol. The zero-order valence-corrected chi connectivity index (χ0v) is 8.81. The Morgan fingerprint density at radius 3 is 2.50 bits per heavy atom. The van der Waals surface area contributed by atoms with Crippen LogP contribution in [-0.2, 0) is 0 Å². The van der Waals surface area contributed by atoms with Crippen molar-refractivity contribution >= 4 is 5.82 Å². The third-order valence-corrected chi connectivity index (χ3v) is 2.25. The van der Waals surface area contributed by atoms with Gasteiger partial charge in [-0.25, -0.2) is 9.97 Å². The van der Waals surface area contributed by atoms with Crippen LogP contribution in [0, 0.1) is 18.3 Å². The Kier molecular flexibility index (Phi) is 2.52. The number of anilines is 1. The zero-order chi connectivity index (χ0) is 11.5. The molecule has 78 valence electrons. The molecule has 0 unspecified atom stereocenters. The summed E-state index contributed by atoms with van der Waals surface area (Å²) in [6.07, 6.45) is 0. The Morgan fingerprint density at radius 1 is 1.19 bits per heavy atom. The van der Waals surface area contributed by atoms with Crippen molar-refractivity contribution in [1.82, 2.24) is 9.97 Å². The number of nitrogens with two attached hydrogens (primary N) is 1. The van der Waals surface area contributed by atoms with E-state index in [0.717, 1.165) is 11.3 Å². The molecule has 1 heterocycles. The fourth-order valence-electron chi connectivity index (χ4n) is 1.49. The van der Waals surface area contributed by atoms with E-state index < -0.39 is 0 Å². The molecule has 1 aromatic heterocycles. The maximum atomic E-state index is 8.85. The number of aromatic nitrogens is 2. The summed E-state index contributed by atoms with van der Waals surface area (Å²) in [6, 6.07) is 11.5. The number of hydrogen-bond acceptors (Lipinski definition) is 4. The van der Waals surface area contributed by atoms with Gasteiger partial charge in [0.25, 0.3) is 0 Å². The number of aryl methyl sites for hydroxylation is 1. The van der Waals surface area contributed by atoms with Crippen molar-refractivity contribution < 1.29 is 0 Å². The highest BCUT2D eigenvalue weighted by Crippen LogP contribution is 2.21. The standard InChI is InChI=1S/C12H10N4/c1-8-11(9-5-3-2-4-6-9)16-10(7-13)12(14)15-8/h2-6H,1H3,(H2,14,15). The van der Waals surface area contributed by atoms with E-state index >= 15 is 0 Å². The molecule has 0 aliphatic rings. The summed E-state index contributed by atoms with van der Waals surface area (Å²) in [4.78, 5) is 8.33. The van der Waals surface area contributed by atoms with Crippen molar-refractivity contribution in [3.63, 3.8) is 0 Å². The molecule has 0 saturated heterocycles. The fourth-order valence-corrected chi connectivity index (χ4v) is 1.49. The molecule has 2 rings (SSSR count). The lowest BCUT2D eigenvalue weighted by atomic mass is 10.1. The van der Waals surface area contributed by atoms with Crippen molar-refractivity contribution in [2.45, 2.75) is 6.92 Å². The van der Waals surface area contributed by atoms with Gasteiger partial charge in [0.15, 0.2) is 11.5 Å². The number of nitriles is 1. The van der Waals surface area contributed by atoms with Crippen LogP contribution in [0.25, 0.3) is 11.3 Å². The Labute approximate surface area is 93.4 Å². The maximum Gasteiger partial charge on any atom is 0.183 e. The summed E-state index contributed by atoms with van der Waals surface area (Å²) < 4.78 is 0. The highest BCUT2D eigenvalue weighted by atomic mass is 14.9. The van der Waals surface area contributed by atoms with Crippen molar-refractivity contribution in [2.24, 2.45) is 0 Å². The number of benzene rings is 1. The van der Waals surface area contributed by atoms with E-state index in [4.69, 9.17) is 11.0 Å². The van der Waals surface area contributed by atoms with Crippen molar-refractivity contribution in [1.29, 1.82) is 5.26 Å². The van der Waals surface area contributed by atoms with Crippen LogP contribution in [0.2, 0.25) is 0 Å². The normalized spacial score (nSPS) is 9.75. The van der Waals surface area contributed by atoms with Gasteiger partial charge >= 0.3 is 0 Å². The average molecular weight is 210 g/mol. The number of nitrogen functional groups attached to an aromatic ring is 1. The highest BCUT2D eigenvalue weighted by Gasteiger charge is 2.09. The van der Waals surface area contributed by atoms with Crippen LogP contribution >= 0.6 is 0 Å². The summed E-state index contributed by atoms with van der Waals surface area (Å²) in [6.45, 7) is 1.83. The van der Waals surface area contributed by atoms with E-state index in [1.165, 1.54) is 0 Å². The molecule has 0 fully saturated rings. The fraction of sp³-hybridized carbons (Fsp3) is 0.0833. The first-order chi connectivity index (χ1) is 7.72. The minimum atomic E-state index is 0.171. The Morgan fingerprint density at radius 2 is 1.88 bits per heavy atom. The molecule has 0 radical (unpaired) electrons. The average Bonchev–Trinajstić information content (AvgIpc) is 2.30. The molecule has 4 heteroatoms. The quantitative estimate of drug-likeness (QED) is 0.780. The van der Waals surface area contributed by atoms with Gasteiger partial charge in [-0.1, -0.05) is 30.3 Å². The predicted octanol–water partition coefficient (Wildman–Crippen LogP) is 1.91. The largest absolute Gasteiger partial charge is 0.381 e. The molecule has 1 aromatic carbocycles. The molecule has 0 saturated carbocycles. The first-order valence-corrected chi connectivity index (χ1v) is 4.82.